The second-order valence-electron chi connectivity index (χ2n) is 10.9. The minimum absolute atomic E-state index is 0.0305. The molecule has 0 aliphatic heterocycles. The van der Waals surface area contributed by atoms with Crippen molar-refractivity contribution in [1.29, 1.82) is 0 Å². The first-order valence-electron chi connectivity index (χ1n) is 14.2. The van der Waals surface area contributed by atoms with Gasteiger partial charge in [-0.1, -0.05) is 85.3 Å². The normalized spacial score (nSPS) is 19.3. The summed E-state index contributed by atoms with van der Waals surface area (Å²) in [4.78, 5) is 37.8. The van der Waals surface area contributed by atoms with Crippen molar-refractivity contribution in [3.8, 4) is 11.1 Å². The van der Waals surface area contributed by atoms with Crippen molar-refractivity contribution in [3.05, 3.63) is 95.6 Å². The van der Waals surface area contributed by atoms with Gasteiger partial charge in [0.05, 0.1) is 12.7 Å². The number of rotatable bonds is 10. The molecule has 0 saturated heterocycles. The Kier molecular flexibility index (Phi) is 8.99. The molecule has 1 fully saturated rings. The van der Waals surface area contributed by atoms with Crippen molar-refractivity contribution in [2.75, 3.05) is 6.61 Å². The Morgan fingerprint density at radius 2 is 1.54 bits per heavy atom. The topological polar surface area (TPSA) is 114 Å². The third-order valence-corrected chi connectivity index (χ3v) is 8.10. The number of carbonyl (C=O) groups excluding carboxylic acids is 2. The lowest BCUT2D eigenvalue weighted by atomic mass is 9.85. The number of carboxylic acid groups (broad SMARTS) is 1. The highest BCUT2D eigenvalue weighted by Crippen LogP contribution is 2.44. The largest absolute Gasteiger partial charge is 0.480 e. The molecule has 0 unspecified atom stereocenters. The highest BCUT2D eigenvalue weighted by molar-refractivity contribution is 5.85. The molecular formula is C33H36N2O6. The first-order valence-corrected chi connectivity index (χ1v) is 14.2. The molecule has 4 atom stereocenters. The van der Waals surface area contributed by atoms with E-state index in [1.165, 1.54) is 0 Å². The molecule has 2 aliphatic rings. The molecule has 8 heteroatoms. The van der Waals surface area contributed by atoms with Crippen molar-refractivity contribution in [2.24, 2.45) is 5.92 Å². The average Bonchev–Trinajstić information content (AvgIpc) is 3.31. The Labute approximate surface area is 240 Å². The van der Waals surface area contributed by atoms with Crippen LogP contribution in [0.1, 0.15) is 55.2 Å². The number of amides is 2. The first kappa shape index (κ1) is 28.4. The van der Waals surface area contributed by atoms with Crippen molar-refractivity contribution >= 4 is 18.0 Å². The van der Waals surface area contributed by atoms with E-state index in [4.69, 9.17) is 9.47 Å². The molecule has 0 heterocycles. The Bertz CT molecular complexity index is 1330. The second kappa shape index (κ2) is 13.0. The monoisotopic (exact) mass is 556 g/mol. The van der Waals surface area contributed by atoms with Crippen molar-refractivity contribution in [3.63, 3.8) is 0 Å². The quantitative estimate of drug-likeness (QED) is 0.314. The van der Waals surface area contributed by atoms with Gasteiger partial charge in [-0.15, -0.1) is 0 Å². The van der Waals surface area contributed by atoms with E-state index >= 15 is 0 Å². The summed E-state index contributed by atoms with van der Waals surface area (Å²) in [6.45, 7) is 2.11. The van der Waals surface area contributed by atoms with Gasteiger partial charge in [-0.2, -0.15) is 0 Å². The summed E-state index contributed by atoms with van der Waals surface area (Å²) in [7, 11) is 0. The van der Waals surface area contributed by atoms with Crippen LogP contribution in [0.25, 0.3) is 11.1 Å². The number of aliphatic carboxylic acids is 1. The van der Waals surface area contributed by atoms with Crippen LogP contribution in [0.2, 0.25) is 0 Å². The molecule has 0 spiro atoms. The summed E-state index contributed by atoms with van der Waals surface area (Å²) < 4.78 is 11.4. The number of alkyl carbamates (subject to hydrolysis) is 1. The number of hydrogen-bond acceptors (Lipinski definition) is 5. The molecule has 0 radical (unpaired) electrons. The zero-order valence-electron chi connectivity index (χ0n) is 23.1. The van der Waals surface area contributed by atoms with Crippen LogP contribution in [0.4, 0.5) is 4.79 Å². The first-order chi connectivity index (χ1) is 19.9. The lowest BCUT2D eigenvalue weighted by molar-refractivity contribution is -0.147. The molecule has 2 aliphatic carbocycles. The predicted octanol–water partition coefficient (Wildman–Crippen LogP) is 5.26. The molecule has 214 valence electrons. The Balaban J connectivity index is 1.12. The lowest BCUT2D eigenvalue weighted by Crippen LogP contribution is -2.51. The molecule has 0 aromatic heterocycles. The van der Waals surface area contributed by atoms with E-state index in [0.717, 1.165) is 40.7 Å². The van der Waals surface area contributed by atoms with Crippen molar-refractivity contribution < 1.29 is 29.0 Å². The Morgan fingerprint density at radius 1 is 0.902 bits per heavy atom. The number of carboxylic acids is 1. The molecule has 3 N–H and O–H groups in total. The van der Waals surface area contributed by atoms with E-state index in [-0.39, 0.29) is 31.1 Å². The van der Waals surface area contributed by atoms with E-state index in [1.54, 1.807) is 6.92 Å². The summed E-state index contributed by atoms with van der Waals surface area (Å²) in [6, 6.07) is 24.4. The number of benzene rings is 3. The molecule has 1 saturated carbocycles. The van der Waals surface area contributed by atoms with Crippen molar-refractivity contribution in [2.45, 2.75) is 63.3 Å². The highest BCUT2D eigenvalue weighted by atomic mass is 16.5. The zero-order chi connectivity index (χ0) is 28.8. The van der Waals surface area contributed by atoms with E-state index < -0.39 is 30.1 Å². The van der Waals surface area contributed by atoms with Gasteiger partial charge in [0, 0.05) is 17.9 Å². The number of ether oxygens (including phenoxy) is 2. The second-order valence-corrected chi connectivity index (χ2v) is 10.9. The predicted molar refractivity (Wildman–Crippen MR) is 154 cm³/mol. The number of hydrogen-bond donors (Lipinski definition) is 3. The van der Waals surface area contributed by atoms with Crippen molar-refractivity contribution in [1.82, 2.24) is 10.6 Å². The van der Waals surface area contributed by atoms with Gasteiger partial charge in [0.1, 0.15) is 6.61 Å². The summed E-state index contributed by atoms with van der Waals surface area (Å²) in [5, 5.41) is 15.4. The van der Waals surface area contributed by atoms with E-state index in [2.05, 4.69) is 34.9 Å². The minimum Gasteiger partial charge on any atom is -0.480 e. The standard InChI is InChI=1S/C33H36N2O6/c1-21(40-19-22-10-3-2-4-11-22)30(32(37)38)35-31(36)23-12-9-13-24(18-23)34-33(39)41-20-29-27-16-7-5-14-25(27)26-15-6-8-17-28(26)29/h2-8,10-11,14-17,21,23-24,29-30H,9,12-13,18-20H2,1H3,(H,34,39)(H,35,36)(H,37,38)/t21-,23-,24-,30+/m1/s1. The molecule has 41 heavy (non-hydrogen) atoms. The van der Waals surface area contributed by atoms with Gasteiger partial charge < -0.3 is 25.2 Å². The number of carbonyl (C=O) groups is 3. The van der Waals surface area contributed by atoms with Gasteiger partial charge in [-0.25, -0.2) is 9.59 Å². The summed E-state index contributed by atoms with van der Waals surface area (Å²) in [5.74, 6) is -1.93. The molecule has 2 amide bonds. The average molecular weight is 557 g/mol. The Hall–Kier alpha value is -4.17. The fourth-order valence-corrected chi connectivity index (χ4v) is 5.91. The van der Waals surface area contributed by atoms with Crippen LogP contribution in [-0.4, -0.2) is 47.9 Å². The van der Waals surface area contributed by atoms with Gasteiger partial charge in [-0.3, -0.25) is 4.79 Å². The van der Waals surface area contributed by atoms with Gasteiger partial charge in [0.15, 0.2) is 6.04 Å². The third-order valence-electron chi connectivity index (χ3n) is 8.10. The van der Waals surface area contributed by atoms with Gasteiger partial charge in [0.2, 0.25) is 5.91 Å². The van der Waals surface area contributed by atoms with Crippen LogP contribution >= 0.6 is 0 Å². The lowest BCUT2D eigenvalue weighted by Gasteiger charge is -2.30. The molecule has 3 aromatic carbocycles. The molecule has 0 bridgehead atoms. The summed E-state index contributed by atoms with van der Waals surface area (Å²) >= 11 is 0. The maximum absolute atomic E-state index is 13.1. The highest BCUT2D eigenvalue weighted by Gasteiger charge is 2.34. The van der Waals surface area contributed by atoms with E-state index in [9.17, 15) is 19.5 Å². The van der Waals surface area contributed by atoms with Crippen LogP contribution in [0.15, 0.2) is 78.9 Å². The van der Waals surface area contributed by atoms with Gasteiger partial charge >= 0.3 is 12.1 Å². The van der Waals surface area contributed by atoms with E-state index in [0.29, 0.717) is 12.8 Å². The summed E-state index contributed by atoms with van der Waals surface area (Å²) in [5.41, 5.74) is 5.54. The van der Waals surface area contributed by atoms with Crippen LogP contribution < -0.4 is 10.6 Å². The van der Waals surface area contributed by atoms with Crippen LogP contribution in [-0.2, 0) is 25.7 Å². The van der Waals surface area contributed by atoms with Gasteiger partial charge in [-0.05, 0) is 54.0 Å². The SMILES string of the molecule is C[C@@H](OCc1ccccc1)[C@H](NC(=O)[C@@H]1CCC[C@@H](NC(=O)OCC2c3ccccc3-c3ccccc32)C1)C(=O)O. The number of fused-ring (bicyclic) bond motifs is 3. The Morgan fingerprint density at radius 3 is 2.20 bits per heavy atom. The maximum atomic E-state index is 13.1. The van der Waals surface area contributed by atoms with Gasteiger partial charge in [0.25, 0.3) is 0 Å². The third kappa shape index (κ3) is 6.77. The smallest absolute Gasteiger partial charge is 0.407 e. The van der Waals surface area contributed by atoms with E-state index in [1.807, 2.05) is 54.6 Å². The zero-order valence-corrected chi connectivity index (χ0v) is 23.1. The fourth-order valence-electron chi connectivity index (χ4n) is 5.91. The minimum atomic E-state index is -1.18. The number of nitrogens with one attached hydrogen (secondary N) is 2. The van der Waals surface area contributed by atoms with Crippen LogP contribution in [0.5, 0.6) is 0 Å². The molecule has 5 rings (SSSR count). The van der Waals surface area contributed by atoms with Crippen LogP contribution in [0.3, 0.4) is 0 Å². The maximum Gasteiger partial charge on any atom is 0.407 e. The van der Waals surface area contributed by atoms with Crippen LogP contribution in [0, 0.1) is 5.92 Å². The molecule has 8 nitrogen and oxygen atoms in total. The molecule has 3 aromatic rings. The summed E-state index contributed by atoms with van der Waals surface area (Å²) in [6.07, 6.45) is 1.28. The molecular weight excluding hydrogens is 520 g/mol. The fraction of sp³-hybridized carbons (Fsp3) is 0.364.